The minimum Gasteiger partial charge on any atom is -0.496 e. The molecule has 1 rings (SSSR count). The molecule has 0 amide bonds. The highest BCUT2D eigenvalue weighted by molar-refractivity contribution is 7.78. The van der Waals surface area contributed by atoms with E-state index < -0.39 is 0 Å². The van der Waals surface area contributed by atoms with Gasteiger partial charge in [-0.1, -0.05) is 18.2 Å². The van der Waals surface area contributed by atoms with Gasteiger partial charge in [0.2, 0.25) is 0 Å². The Balaban J connectivity index is 2.88. The minimum atomic E-state index is 0.535. The van der Waals surface area contributed by atoms with Crippen molar-refractivity contribution in [3.63, 3.8) is 0 Å². The average molecular weight is 179 g/mol. The van der Waals surface area contributed by atoms with Gasteiger partial charge in [-0.05, 0) is 18.3 Å². The van der Waals surface area contributed by atoms with E-state index in [-0.39, 0.29) is 0 Å². The number of para-hydroxylation sites is 1. The molecule has 0 fully saturated rings. The van der Waals surface area contributed by atoms with Crippen LogP contribution in [0.2, 0.25) is 0 Å². The first kappa shape index (κ1) is 8.91. The first-order chi connectivity index (χ1) is 5.88. The molecule has 0 aromatic heterocycles. The molecule has 1 aromatic carbocycles. The number of methoxy groups -OCH3 is 1. The molecular weight excluding hydrogens is 170 g/mol. The van der Waals surface area contributed by atoms with Crippen LogP contribution in [0.3, 0.4) is 0 Å². The van der Waals surface area contributed by atoms with E-state index in [9.17, 15) is 0 Å². The molecule has 0 N–H and O–H groups in total. The molecule has 0 saturated carbocycles. The van der Waals surface area contributed by atoms with Crippen LogP contribution in [0.4, 0.5) is 0 Å². The summed E-state index contributed by atoms with van der Waals surface area (Å²) in [5.74, 6) is 0.839. The van der Waals surface area contributed by atoms with Crippen molar-refractivity contribution in [1.82, 2.24) is 0 Å². The predicted octanol–water partition coefficient (Wildman–Crippen LogP) is 2.30. The van der Waals surface area contributed by atoms with Gasteiger partial charge in [0.25, 0.3) is 0 Å². The molecule has 0 atom stereocenters. The standard InChI is InChI=1S/C9H9NOS/c1-11-9-5-3-2-4-8(9)6-10-7-12/h2-5H,6H2,1H3. The monoisotopic (exact) mass is 179 g/mol. The summed E-state index contributed by atoms with van der Waals surface area (Å²) in [6.07, 6.45) is 0. The molecule has 2 nitrogen and oxygen atoms in total. The number of thiocarbonyl (C=S) groups is 1. The van der Waals surface area contributed by atoms with Crippen molar-refractivity contribution in [2.75, 3.05) is 7.11 Å². The Morgan fingerprint density at radius 2 is 2.25 bits per heavy atom. The summed E-state index contributed by atoms with van der Waals surface area (Å²) in [4.78, 5) is 3.84. The third kappa shape index (κ3) is 2.16. The van der Waals surface area contributed by atoms with Crippen molar-refractivity contribution in [2.45, 2.75) is 6.54 Å². The Morgan fingerprint density at radius 1 is 1.50 bits per heavy atom. The summed E-state index contributed by atoms with van der Waals surface area (Å²) in [5, 5.41) is 2.32. The van der Waals surface area contributed by atoms with Crippen LogP contribution in [0.25, 0.3) is 0 Å². The van der Waals surface area contributed by atoms with Gasteiger partial charge in [-0.3, -0.25) is 0 Å². The number of ether oxygens (including phenoxy) is 1. The Kier molecular flexibility index (Phi) is 3.45. The van der Waals surface area contributed by atoms with Crippen LogP contribution in [0.1, 0.15) is 5.56 Å². The second-order valence-corrected chi connectivity index (χ2v) is 2.40. The van der Waals surface area contributed by atoms with Gasteiger partial charge in [-0.2, -0.15) is 0 Å². The van der Waals surface area contributed by atoms with Crippen LogP contribution in [-0.4, -0.2) is 12.3 Å². The maximum absolute atomic E-state index is 5.12. The molecule has 0 radical (unpaired) electrons. The fourth-order valence-electron chi connectivity index (χ4n) is 0.951. The van der Waals surface area contributed by atoms with E-state index >= 15 is 0 Å². The van der Waals surface area contributed by atoms with Gasteiger partial charge in [-0.25, -0.2) is 4.99 Å². The second-order valence-electron chi connectivity index (χ2n) is 2.22. The summed E-state index contributed by atoms with van der Waals surface area (Å²) in [6, 6.07) is 7.71. The lowest BCUT2D eigenvalue weighted by molar-refractivity contribution is 0.410. The summed E-state index contributed by atoms with van der Waals surface area (Å²) in [5.41, 5.74) is 1.03. The van der Waals surface area contributed by atoms with E-state index in [4.69, 9.17) is 4.74 Å². The molecular formula is C9H9NOS. The van der Waals surface area contributed by atoms with Crippen molar-refractivity contribution >= 4 is 17.4 Å². The second kappa shape index (κ2) is 4.65. The topological polar surface area (TPSA) is 21.6 Å². The Hall–Kier alpha value is -1.18. The molecule has 0 saturated heterocycles. The highest BCUT2D eigenvalue weighted by Crippen LogP contribution is 2.17. The third-order valence-corrected chi connectivity index (χ3v) is 1.64. The van der Waals surface area contributed by atoms with E-state index in [1.807, 2.05) is 24.3 Å². The third-order valence-electron chi connectivity index (χ3n) is 1.51. The molecule has 0 bridgehead atoms. The highest BCUT2D eigenvalue weighted by Gasteiger charge is 1.98. The Labute approximate surface area is 76.9 Å². The van der Waals surface area contributed by atoms with Crippen LogP contribution in [0.5, 0.6) is 5.75 Å². The first-order valence-electron chi connectivity index (χ1n) is 3.54. The molecule has 1 aromatic rings. The normalized spacial score (nSPS) is 8.75. The van der Waals surface area contributed by atoms with E-state index in [0.29, 0.717) is 6.54 Å². The first-order valence-corrected chi connectivity index (χ1v) is 3.95. The summed E-state index contributed by atoms with van der Waals surface area (Å²) < 4.78 is 5.12. The van der Waals surface area contributed by atoms with Crippen LogP contribution >= 0.6 is 12.2 Å². The van der Waals surface area contributed by atoms with Gasteiger partial charge >= 0.3 is 0 Å². The minimum absolute atomic E-state index is 0.535. The van der Waals surface area contributed by atoms with Crippen molar-refractivity contribution in [1.29, 1.82) is 0 Å². The largest absolute Gasteiger partial charge is 0.496 e. The zero-order valence-corrected chi connectivity index (χ0v) is 7.60. The molecule has 12 heavy (non-hydrogen) atoms. The number of benzene rings is 1. The van der Waals surface area contributed by atoms with Crippen molar-refractivity contribution in [3.05, 3.63) is 29.8 Å². The van der Waals surface area contributed by atoms with Crippen LogP contribution in [-0.2, 0) is 6.54 Å². The van der Waals surface area contributed by atoms with Gasteiger partial charge in [0.15, 0.2) is 0 Å². The zero-order valence-electron chi connectivity index (χ0n) is 6.78. The number of hydrogen-bond donors (Lipinski definition) is 0. The Morgan fingerprint density at radius 3 is 2.92 bits per heavy atom. The molecule has 0 aliphatic rings. The van der Waals surface area contributed by atoms with Crippen LogP contribution in [0.15, 0.2) is 29.3 Å². The SMILES string of the molecule is COc1ccccc1CN=C=S. The van der Waals surface area contributed by atoms with Crippen LogP contribution < -0.4 is 4.74 Å². The molecule has 0 spiro atoms. The molecule has 0 heterocycles. The quantitative estimate of drug-likeness (QED) is 0.524. The van der Waals surface area contributed by atoms with Gasteiger partial charge in [0.1, 0.15) is 5.75 Å². The summed E-state index contributed by atoms with van der Waals surface area (Å²) >= 11 is 4.47. The fraction of sp³-hybridized carbons (Fsp3) is 0.222. The zero-order chi connectivity index (χ0) is 8.81. The smallest absolute Gasteiger partial charge is 0.123 e. The molecule has 0 unspecified atom stereocenters. The summed E-state index contributed by atoms with van der Waals surface area (Å²) in [7, 11) is 1.64. The number of rotatable bonds is 3. The van der Waals surface area contributed by atoms with E-state index in [1.165, 1.54) is 0 Å². The molecule has 62 valence electrons. The lowest BCUT2D eigenvalue weighted by Crippen LogP contribution is -1.89. The fourth-order valence-corrected chi connectivity index (χ4v) is 1.02. The molecule has 0 aliphatic heterocycles. The van der Waals surface area contributed by atoms with Crippen molar-refractivity contribution in [2.24, 2.45) is 4.99 Å². The van der Waals surface area contributed by atoms with Gasteiger partial charge < -0.3 is 4.74 Å². The lowest BCUT2D eigenvalue weighted by atomic mass is 10.2. The Bertz CT molecular complexity index is 305. The maximum atomic E-state index is 5.12. The summed E-state index contributed by atoms with van der Waals surface area (Å²) in [6.45, 7) is 0.535. The van der Waals surface area contributed by atoms with E-state index in [1.54, 1.807) is 7.11 Å². The molecule has 0 aliphatic carbocycles. The van der Waals surface area contributed by atoms with Crippen molar-refractivity contribution in [3.8, 4) is 5.75 Å². The van der Waals surface area contributed by atoms with Crippen LogP contribution in [0, 0.1) is 0 Å². The number of aliphatic imine (C=N–C) groups is 1. The van der Waals surface area contributed by atoms with Gasteiger partial charge in [-0.15, -0.1) is 0 Å². The molecule has 3 heteroatoms. The number of isothiocyanates is 1. The highest BCUT2D eigenvalue weighted by atomic mass is 32.1. The average Bonchev–Trinajstić information content (AvgIpc) is 2.15. The van der Waals surface area contributed by atoms with Gasteiger partial charge in [0.05, 0.1) is 18.8 Å². The van der Waals surface area contributed by atoms with Gasteiger partial charge in [0, 0.05) is 5.56 Å². The number of hydrogen-bond acceptors (Lipinski definition) is 3. The maximum Gasteiger partial charge on any atom is 0.123 e. The van der Waals surface area contributed by atoms with E-state index in [2.05, 4.69) is 22.4 Å². The van der Waals surface area contributed by atoms with E-state index in [0.717, 1.165) is 11.3 Å². The predicted molar refractivity (Wildman–Crippen MR) is 51.7 cm³/mol. The lowest BCUT2D eigenvalue weighted by Gasteiger charge is -2.03. The number of nitrogens with zero attached hydrogens (tertiary/aromatic N) is 1. The van der Waals surface area contributed by atoms with Crippen molar-refractivity contribution < 1.29 is 4.74 Å².